The molecule has 1 N–H and O–H groups in total. The summed E-state index contributed by atoms with van der Waals surface area (Å²) in [7, 11) is 5.10. The molecule has 0 radical (unpaired) electrons. The lowest BCUT2D eigenvalue weighted by molar-refractivity contribution is 0.181. The van der Waals surface area contributed by atoms with Gasteiger partial charge in [0.05, 0.1) is 6.61 Å². The molecule has 0 heterocycles. The molecule has 25 heavy (non-hydrogen) atoms. The predicted octanol–water partition coefficient (Wildman–Crippen LogP) is 3.32. The number of nitrogens with zero attached hydrogens (tertiary/aromatic N) is 2. The van der Waals surface area contributed by atoms with Gasteiger partial charge in [-0.15, -0.1) is 0 Å². The summed E-state index contributed by atoms with van der Waals surface area (Å²) in [5.74, 6) is 0.130. The number of benzene rings is 2. The summed E-state index contributed by atoms with van der Waals surface area (Å²) in [5, 5.41) is 3.23. The van der Waals surface area contributed by atoms with Crippen LogP contribution in [-0.2, 0) is 24.4 Å². The third-order valence-corrected chi connectivity index (χ3v) is 3.74. The molecule has 0 spiro atoms. The van der Waals surface area contributed by atoms with E-state index in [0.717, 1.165) is 11.1 Å². The van der Waals surface area contributed by atoms with Gasteiger partial charge in [0.15, 0.2) is 5.96 Å². The van der Waals surface area contributed by atoms with E-state index in [9.17, 15) is 8.78 Å². The molecule has 0 bridgehead atoms. The van der Waals surface area contributed by atoms with E-state index in [1.807, 2.05) is 18.0 Å². The Morgan fingerprint density at radius 3 is 2.64 bits per heavy atom. The highest BCUT2D eigenvalue weighted by molar-refractivity contribution is 5.79. The summed E-state index contributed by atoms with van der Waals surface area (Å²) in [6.07, 6.45) is 0. The third-order valence-electron chi connectivity index (χ3n) is 3.74. The molecule has 134 valence electrons. The van der Waals surface area contributed by atoms with Crippen LogP contribution in [0.15, 0.2) is 47.5 Å². The normalized spacial score (nSPS) is 11.5. The minimum atomic E-state index is -0.279. The molecule has 0 aliphatic carbocycles. The zero-order valence-corrected chi connectivity index (χ0v) is 14.7. The molecule has 0 aliphatic heterocycles. The van der Waals surface area contributed by atoms with Gasteiger partial charge in [0.25, 0.3) is 0 Å². The molecule has 2 aromatic carbocycles. The van der Waals surface area contributed by atoms with Crippen LogP contribution in [0.5, 0.6) is 0 Å². The number of aliphatic imine (C=N–C) groups is 1. The first-order valence-corrected chi connectivity index (χ1v) is 7.96. The molecule has 0 fully saturated rings. The molecule has 0 aliphatic rings. The van der Waals surface area contributed by atoms with E-state index in [-0.39, 0.29) is 18.2 Å². The van der Waals surface area contributed by atoms with Crippen molar-refractivity contribution < 1.29 is 13.5 Å². The Morgan fingerprint density at radius 2 is 1.96 bits per heavy atom. The van der Waals surface area contributed by atoms with Gasteiger partial charge in [0, 0.05) is 39.9 Å². The predicted molar refractivity (Wildman–Crippen MR) is 95.2 cm³/mol. The fraction of sp³-hybridized carbons (Fsp3) is 0.316. The van der Waals surface area contributed by atoms with Gasteiger partial charge >= 0.3 is 0 Å². The summed E-state index contributed by atoms with van der Waals surface area (Å²) >= 11 is 0. The summed E-state index contributed by atoms with van der Waals surface area (Å²) in [4.78, 5) is 6.13. The molecular weight excluding hydrogens is 324 g/mol. The van der Waals surface area contributed by atoms with E-state index < -0.39 is 0 Å². The minimum absolute atomic E-state index is 0.230. The molecule has 0 unspecified atom stereocenters. The largest absolute Gasteiger partial charge is 0.380 e. The van der Waals surface area contributed by atoms with Crippen molar-refractivity contribution in [3.63, 3.8) is 0 Å². The van der Waals surface area contributed by atoms with Gasteiger partial charge in [0.1, 0.15) is 11.6 Å². The molecular formula is C19H23F2N3O. The Bertz CT molecular complexity index is 734. The van der Waals surface area contributed by atoms with Gasteiger partial charge in [0.2, 0.25) is 0 Å². The first-order valence-electron chi connectivity index (χ1n) is 7.96. The lowest BCUT2D eigenvalue weighted by atomic mass is 10.1. The number of hydrogen-bond acceptors (Lipinski definition) is 2. The van der Waals surface area contributed by atoms with Crippen molar-refractivity contribution in [2.45, 2.75) is 19.7 Å². The van der Waals surface area contributed by atoms with E-state index >= 15 is 0 Å². The Morgan fingerprint density at radius 1 is 1.16 bits per heavy atom. The van der Waals surface area contributed by atoms with Gasteiger partial charge in [-0.25, -0.2) is 8.78 Å². The van der Waals surface area contributed by atoms with Crippen molar-refractivity contribution in [3.05, 3.63) is 70.8 Å². The van der Waals surface area contributed by atoms with Gasteiger partial charge in [-0.3, -0.25) is 4.99 Å². The lowest BCUT2D eigenvalue weighted by Gasteiger charge is -2.22. The minimum Gasteiger partial charge on any atom is -0.380 e. The van der Waals surface area contributed by atoms with Crippen LogP contribution >= 0.6 is 0 Å². The Hall–Kier alpha value is -2.47. The van der Waals surface area contributed by atoms with E-state index in [0.29, 0.717) is 24.6 Å². The number of methoxy groups -OCH3 is 1. The highest BCUT2D eigenvalue weighted by Crippen LogP contribution is 2.12. The molecule has 4 nitrogen and oxygen atoms in total. The smallest absolute Gasteiger partial charge is 0.193 e. The summed E-state index contributed by atoms with van der Waals surface area (Å²) < 4.78 is 32.0. The highest BCUT2D eigenvalue weighted by atomic mass is 19.1. The number of halogens is 2. The Labute approximate surface area is 147 Å². The van der Waals surface area contributed by atoms with E-state index in [2.05, 4.69) is 10.3 Å². The first kappa shape index (κ1) is 18.9. The van der Waals surface area contributed by atoms with Gasteiger partial charge in [-0.1, -0.05) is 18.2 Å². The number of guanidine groups is 1. The fourth-order valence-electron chi connectivity index (χ4n) is 2.55. The van der Waals surface area contributed by atoms with Crippen LogP contribution in [0.25, 0.3) is 0 Å². The van der Waals surface area contributed by atoms with Crippen molar-refractivity contribution in [1.29, 1.82) is 0 Å². The molecule has 6 heteroatoms. The van der Waals surface area contributed by atoms with E-state index in [1.165, 1.54) is 25.3 Å². The van der Waals surface area contributed by atoms with Crippen LogP contribution in [0.1, 0.15) is 16.7 Å². The van der Waals surface area contributed by atoms with Crippen LogP contribution in [-0.4, -0.2) is 32.1 Å². The second kappa shape index (κ2) is 9.13. The Kier molecular flexibility index (Phi) is 6.89. The van der Waals surface area contributed by atoms with E-state index in [4.69, 9.17) is 4.74 Å². The number of rotatable bonds is 6. The summed E-state index contributed by atoms with van der Waals surface area (Å²) in [6, 6.07) is 11.4. The zero-order valence-electron chi connectivity index (χ0n) is 14.7. The fourth-order valence-corrected chi connectivity index (χ4v) is 2.55. The van der Waals surface area contributed by atoms with Crippen molar-refractivity contribution in [2.24, 2.45) is 4.99 Å². The zero-order chi connectivity index (χ0) is 18.2. The third kappa shape index (κ3) is 5.53. The quantitative estimate of drug-likeness (QED) is 0.643. The SMILES string of the molecule is CN=C(NCc1ccc(F)c(COC)c1)N(C)Cc1cccc(F)c1. The van der Waals surface area contributed by atoms with Crippen molar-refractivity contribution in [1.82, 2.24) is 10.2 Å². The maximum atomic E-state index is 13.7. The van der Waals surface area contributed by atoms with Crippen molar-refractivity contribution in [3.8, 4) is 0 Å². The van der Waals surface area contributed by atoms with Gasteiger partial charge in [-0.05, 0) is 35.4 Å². The highest BCUT2D eigenvalue weighted by Gasteiger charge is 2.08. The molecule has 0 atom stereocenters. The molecule has 0 aromatic heterocycles. The summed E-state index contributed by atoms with van der Waals surface area (Å²) in [6.45, 7) is 1.25. The molecule has 2 rings (SSSR count). The first-order chi connectivity index (χ1) is 12.0. The van der Waals surface area contributed by atoms with Crippen LogP contribution in [0, 0.1) is 11.6 Å². The molecule has 0 saturated heterocycles. The Balaban J connectivity index is 1.99. The number of ether oxygens (including phenoxy) is 1. The van der Waals surface area contributed by atoms with Crippen molar-refractivity contribution >= 4 is 5.96 Å². The van der Waals surface area contributed by atoms with Crippen molar-refractivity contribution in [2.75, 3.05) is 21.2 Å². The van der Waals surface area contributed by atoms with Gasteiger partial charge < -0.3 is 15.0 Å². The lowest BCUT2D eigenvalue weighted by Crippen LogP contribution is -2.38. The number of hydrogen-bond donors (Lipinski definition) is 1. The topological polar surface area (TPSA) is 36.9 Å². The average Bonchev–Trinajstić information content (AvgIpc) is 2.58. The monoisotopic (exact) mass is 347 g/mol. The molecule has 0 saturated carbocycles. The van der Waals surface area contributed by atoms with Gasteiger partial charge in [-0.2, -0.15) is 0 Å². The maximum absolute atomic E-state index is 13.7. The number of nitrogens with one attached hydrogen (secondary N) is 1. The van der Waals surface area contributed by atoms with Crippen LogP contribution in [0.4, 0.5) is 8.78 Å². The second-order valence-corrected chi connectivity index (χ2v) is 5.75. The van der Waals surface area contributed by atoms with Crippen LogP contribution in [0.2, 0.25) is 0 Å². The van der Waals surface area contributed by atoms with Crippen LogP contribution in [0.3, 0.4) is 0 Å². The molecule has 0 amide bonds. The molecule has 2 aromatic rings. The van der Waals surface area contributed by atoms with Crippen LogP contribution < -0.4 is 5.32 Å². The second-order valence-electron chi connectivity index (χ2n) is 5.75. The van der Waals surface area contributed by atoms with E-state index in [1.54, 1.807) is 25.2 Å². The average molecular weight is 347 g/mol. The standard InChI is InChI=1S/C19H23F2N3O/c1-22-19(24(2)12-15-5-4-6-17(20)10-15)23-11-14-7-8-18(21)16(9-14)13-25-3/h4-10H,11-13H2,1-3H3,(H,22,23). The maximum Gasteiger partial charge on any atom is 0.193 e. The summed E-state index contributed by atoms with van der Waals surface area (Å²) in [5.41, 5.74) is 2.30.